The molecule has 5 heteroatoms. The zero-order valence-corrected chi connectivity index (χ0v) is 10.6. The van der Waals surface area contributed by atoms with Gasteiger partial charge in [-0.1, -0.05) is 0 Å². The molecule has 2 unspecified atom stereocenters. The first-order valence-corrected chi connectivity index (χ1v) is 6.70. The fourth-order valence-electron chi connectivity index (χ4n) is 3.17. The van der Waals surface area contributed by atoms with Gasteiger partial charge in [0.2, 0.25) is 6.79 Å². The van der Waals surface area contributed by atoms with Gasteiger partial charge >= 0.3 is 0 Å². The minimum absolute atomic E-state index is 0.123. The zero-order chi connectivity index (χ0) is 12.8. The molecule has 3 aliphatic rings. The van der Waals surface area contributed by atoms with Gasteiger partial charge in [0.1, 0.15) is 5.78 Å². The number of nitrogens with one attached hydrogen (secondary N) is 1. The van der Waals surface area contributed by atoms with Crippen LogP contribution in [0.3, 0.4) is 0 Å². The third-order valence-corrected chi connectivity index (χ3v) is 4.19. The second-order valence-electron chi connectivity index (χ2n) is 5.40. The minimum atomic E-state index is 0.123. The highest BCUT2D eigenvalue weighted by Crippen LogP contribution is 2.37. The Bertz CT molecular complexity index is 515. The van der Waals surface area contributed by atoms with E-state index in [0.717, 1.165) is 43.4 Å². The number of ketones is 1. The number of hydrogen-bond donors (Lipinski definition) is 1. The van der Waals surface area contributed by atoms with Gasteiger partial charge < -0.3 is 19.7 Å². The molecule has 0 radical (unpaired) electrons. The number of nitrogens with zero attached hydrogens (tertiary/aromatic N) is 1. The van der Waals surface area contributed by atoms with E-state index in [2.05, 4.69) is 10.2 Å². The summed E-state index contributed by atoms with van der Waals surface area (Å²) in [6, 6.07) is 6.01. The van der Waals surface area contributed by atoms with Crippen LogP contribution in [0.2, 0.25) is 0 Å². The van der Waals surface area contributed by atoms with Gasteiger partial charge in [0.25, 0.3) is 0 Å². The van der Waals surface area contributed by atoms with Crippen molar-refractivity contribution in [3.63, 3.8) is 0 Å². The van der Waals surface area contributed by atoms with Crippen molar-refractivity contribution in [2.24, 2.45) is 11.8 Å². The Morgan fingerprint density at radius 1 is 1.11 bits per heavy atom. The topological polar surface area (TPSA) is 50.8 Å². The number of Topliss-reactive ketones (excluding diaryl/α,β-unsaturated/α-hetero) is 1. The lowest BCUT2D eigenvalue weighted by molar-refractivity contribution is -0.129. The summed E-state index contributed by atoms with van der Waals surface area (Å²) in [5.41, 5.74) is 1.12. The van der Waals surface area contributed by atoms with Gasteiger partial charge in [0, 0.05) is 49.8 Å². The largest absolute Gasteiger partial charge is 0.454 e. The van der Waals surface area contributed by atoms with Crippen molar-refractivity contribution >= 4 is 11.5 Å². The predicted octanol–water partition coefficient (Wildman–Crippen LogP) is 0.640. The molecule has 100 valence electrons. The Morgan fingerprint density at radius 3 is 2.63 bits per heavy atom. The van der Waals surface area contributed by atoms with Crippen molar-refractivity contribution in [3.05, 3.63) is 18.2 Å². The van der Waals surface area contributed by atoms with Crippen LogP contribution in [0.5, 0.6) is 11.5 Å². The molecule has 0 spiro atoms. The number of fused-ring (bicyclic) bond motifs is 3. The van der Waals surface area contributed by atoms with Crippen LogP contribution in [0.15, 0.2) is 18.2 Å². The number of carbonyl (C=O) groups is 1. The third kappa shape index (κ3) is 1.76. The maximum atomic E-state index is 12.1. The van der Waals surface area contributed by atoms with E-state index in [9.17, 15) is 4.79 Å². The molecule has 1 N–H and O–H groups in total. The van der Waals surface area contributed by atoms with E-state index in [1.54, 1.807) is 0 Å². The van der Waals surface area contributed by atoms with E-state index in [0.29, 0.717) is 12.6 Å². The summed E-state index contributed by atoms with van der Waals surface area (Å²) in [4.78, 5) is 14.4. The van der Waals surface area contributed by atoms with Gasteiger partial charge in [0.05, 0.1) is 0 Å². The first kappa shape index (κ1) is 11.1. The average molecular weight is 260 g/mol. The van der Waals surface area contributed by atoms with Crippen molar-refractivity contribution in [3.8, 4) is 11.5 Å². The monoisotopic (exact) mass is 260 g/mol. The molecule has 3 heterocycles. The van der Waals surface area contributed by atoms with Gasteiger partial charge in [-0.2, -0.15) is 0 Å². The molecular weight excluding hydrogens is 244 g/mol. The van der Waals surface area contributed by atoms with Crippen LogP contribution in [0.25, 0.3) is 0 Å². The maximum Gasteiger partial charge on any atom is 0.231 e. The van der Waals surface area contributed by atoms with Gasteiger partial charge in [-0.25, -0.2) is 0 Å². The SMILES string of the molecule is O=C1C2CNCC1CN(c1ccc3c(c1)OCO3)C2. The number of benzene rings is 1. The van der Waals surface area contributed by atoms with Crippen molar-refractivity contribution in [2.75, 3.05) is 37.9 Å². The zero-order valence-electron chi connectivity index (χ0n) is 10.6. The highest BCUT2D eigenvalue weighted by Gasteiger charge is 2.38. The van der Waals surface area contributed by atoms with E-state index >= 15 is 0 Å². The Hall–Kier alpha value is -1.75. The summed E-state index contributed by atoms with van der Waals surface area (Å²) in [5, 5.41) is 3.34. The Labute approximate surface area is 111 Å². The molecular formula is C14H16N2O3. The van der Waals surface area contributed by atoms with E-state index in [1.807, 2.05) is 18.2 Å². The summed E-state index contributed by atoms with van der Waals surface area (Å²) in [7, 11) is 0. The van der Waals surface area contributed by atoms with Gasteiger partial charge in [-0.05, 0) is 12.1 Å². The molecule has 5 nitrogen and oxygen atoms in total. The lowest BCUT2D eigenvalue weighted by Crippen LogP contribution is -2.57. The molecule has 1 aromatic rings. The van der Waals surface area contributed by atoms with E-state index in [1.165, 1.54) is 0 Å². The molecule has 3 aliphatic heterocycles. The summed E-state index contributed by atoms with van der Waals surface area (Å²) in [6.07, 6.45) is 0. The van der Waals surface area contributed by atoms with Crippen LogP contribution in [-0.2, 0) is 4.79 Å². The first-order chi connectivity index (χ1) is 9.31. The van der Waals surface area contributed by atoms with Crippen molar-refractivity contribution in [2.45, 2.75) is 0 Å². The highest BCUT2D eigenvalue weighted by atomic mass is 16.7. The summed E-state index contributed by atoms with van der Waals surface area (Å²) < 4.78 is 10.7. The number of piperidine rings is 2. The molecule has 2 saturated heterocycles. The number of anilines is 1. The number of hydrogen-bond acceptors (Lipinski definition) is 5. The van der Waals surface area contributed by atoms with Crippen molar-refractivity contribution < 1.29 is 14.3 Å². The molecule has 4 rings (SSSR count). The normalized spacial score (nSPS) is 28.6. The standard InChI is InChI=1S/C14H16N2O3/c17-14-9-4-15-5-10(14)7-16(6-9)11-1-2-12-13(3-11)19-8-18-12/h1-3,9-10,15H,4-8H2. The highest BCUT2D eigenvalue weighted by molar-refractivity contribution is 5.87. The Kier molecular flexibility index (Phi) is 2.41. The van der Waals surface area contributed by atoms with Gasteiger partial charge in [-0.15, -0.1) is 0 Å². The molecule has 2 bridgehead atoms. The second-order valence-corrected chi connectivity index (χ2v) is 5.40. The summed E-state index contributed by atoms with van der Waals surface area (Å²) in [5.74, 6) is 2.28. The lowest BCUT2D eigenvalue weighted by Gasteiger charge is -2.41. The predicted molar refractivity (Wildman–Crippen MR) is 69.6 cm³/mol. The smallest absolute Gasteiger partial charge is 0.231 e. The molecule has 2 fully saturated rings. The van der Waals surface area contributed by atoms with Crippen LogP contribution in [0.1, 0.15) is 0 Å². The second kappa shape index (κ2) is 4.13. The van der Waals surface area contributed by atoms with Gasteiger partial charge in [0.15, 0.2) is 11.5 Å². The van der Waals surface area contributed by atoms with Crippen molar-refractivity contribution in [1.29, 1.82) is 0 Å². The van der Waals surface area contributed by atoms with E-state index < -0.39 is 0 Å². The van der Waals surface area contributed by atoms with Gasteiger partial charge in [-0.3, -0.25) is 4.79 Å². The molecule has 0 saturated carbocycles. The van der Waals surface area contributed by atoms with Crippen LogP contribution in [0, 0.1) is 11.8 Å². The van der Waals surface area contributed by atoms with Crippen LogP contribution < -0.4 is 19.7 Å². The summed E-state index contributed by atoms with van der Waals surface area (Å²) >= 11 is 0. The molecule has 0 amide bonds. The van der Waals surface area contributed by atoms with Crippen LogP contribution in [0.4, 0.5) is 5.69 Å². The fraction of sp³-hybridized carbons (Fsp3) is 0.500. The first-order valence-electron chi connectivity index (χ1n) is 6.70. The molecule has 2 atom stereocenters. The quantitative estimate of drug-likeness (QED) is 0.803. The maximum absolute atomic E-state index is 12.1. The molecule has 1 aromatic carbocycles. The molecule has 19 heavy (non-hydrogen) atoms. The summed E-state index contributed by atoms with van der Waals surface area (Å²) in [6.45, 7) is 3.49. The van der Waals surface area contributed by atoms with Crippen LogP contribution >= 0.6 is 0 Å². The minimum Gasteiger partial charge on any atom is -0.454 e. The lowest BCUT2D eigenvalue weighted by atomic mass is 9.84. The fourth-order valence-corrected chi connectivity index (χ4v) is 3.17. The Balaban J connectivity index is 1.61. The number of rotatable bonds is 1. The number of carbonyl (C=O) groups excluding carboxylic acids is 1. The molecule has 0 aliphatic carbocycles. The number of ether oxygens (including phenoxy) is 2. The molecule has 0 aromatic heterocycles. The van der Waals surface area contributed by atoms with E-state index in [4.69, 9.17) is 9.47 Å². The van der Waals surface area contributed by atoms with Crippen molar-refractivity contribution in [1.82, 2.24) is 5.32 Å². The Morgan fingerprint density at radius 2 is 1.84 bits per heavy atom. The van der Waals surface area contributed by atoms with E-state index in [-0.39, 0.29) is 11.8 Å². The third-order valence-electron chi connectivity index (χ3n) is 4.19. The average Bonchev–Trinajstić information content (AvgIpc) is 2.85. The van der Waals surface area contributed by atoms with Crippen LogP contribution in [-0.4, -0.2) is 38.8 Å².